The van der Waals surface area contributed by atoms with Crippen LogP contribution in [-0.2, 0) is 17.1 Å². The molecule has 3 rings (SSSR count). The summed E-state index contributed by atoms with van der Waals surface area (Å²) in [5, 5.41) is -0.0695. The number of benzene rings is 1. The van der Waals surface area contributed by atoms with E-state index in [0.717, 1.165) is 12.1 Å². The molecule has 1 aromatic heterocycles. The minimum atomic E-state index is -3.78. The second kappa shape index (κ2) is 7.12. The topological polar surface area (TPSA) is 75.5 Å². The molecule has 26 heavy (non-hydrogen) atoms. The van der Waals surface area contributed by atoms with Crippen molar-refractivity contribution in [2.45, 2.75) is 11.4 Å². The Morgan fingerprint density at radius 2 is 1.81 bits per heavy atom. The summed E-state index contributed by atoms with van der Waals surface area (Å²) in [5.41, 5.74) is -0.617. The lowest BCUT2D eigenvalue weighted by Gasteiger charge is -2.21. The number of aromatic nitrogens is 2. The van der Waals surface area contributed by atoms with E-state index in [9.17, 15) is 22.0 Å². The van der Waals surface area contributed by atoms with Gasteiger partial charge < -0.3 is 9.47 Å². The summed E-state index contributed by atoms with van der Waals surface area (Å²) in [6.07, 6.45) is 3.15. The summed E-state index contributed by atoms with van der Waals surface area (Å²) in [4.78, 5) is 17.6. The van der Waals surface area contributed by atoms with E-state index >= 15 is 0 Å². The van der Waals surface area contributed by atoms with Crippen molar-refractivity contribution >= 4 is 15.9 Å². The minimum Gasteiger partial charge on any atom is -0.339 e. The third-order valence-electron chi connectivity index (χ3n) is 4.20. The van der Waals surface area contributed by atoms with Gasteiger partial charge >= 0.3 is 0 Å². The van der Waals surface area contributed by atoms with Crippen molar-refractivity contribution < 1.29 is 22.0 Å². The van der Waals surface area contributed by atoms with Gasteiger partial charge in [-0.1, -0.05) is 6.07 Å². The van der Waals surface area contributed by atoms with Gasteiger partial charge in [0.15, 0.2) is 5.03 Å². The van der Waals surface area contributed by atoms with Crippen LogP contribution in [0.2, 0.25) is 0 Å². The number of aryl methyl sites for hydroxylation is 1. The van der Waals surface area contributed by atoms with Gasteiger partial charge in [-0.25, -0.2) is 22.2 Å². The molecular weight excluding hydrogens is 366 g/mol. The smallest absolute Gasteiger partial charge is 0.262 e. The normalized spacial score (nSPS) is 16.5. The van der Waals surface area contributed by atoms with Gasteiger partial charge in [-0.15, -0.1) is 0 Å². The zero-order valence-corrected chi connectivity index (χ0v) is 14.9. The molecule has 1 saturated heterocycles. The van der Waals surface area contributed by atoms with Gasteiger partial charge in [-0.05, 0) is 18.6 Å². The van der Waals surface area contributed by atoms with Crippen LogP contribution >= 0.6 is 0 Å². The van der Waals surface area contributed by atoms with Crippen molar-refractivity contribution in [2.75, 3.05) is 26.2 Å². The average molecular weight is 384 g/mol. The molecule has 2 heterocycles. The zero-order valence-electron chi connectivity index (χ0n) is 14.1. The van der Waals surface area contributed by atoms with E-state index in [1.165, 1.54) is 32.4 Å². The summed E-state index contributed by atoms with van der Waals surface area (Å²) in [6, 6.07) is 3.23. The van der Waals surface area contributed by atoms with E-state index < -0.39 is 33.1 Å². The lowest BCUT2D eigenvalue weighted by atomic mass is 10.1. The van der Waals surface area contributed by atoms with Gasteiger partial charge in [-0.2, -0.15) is 4.31 Å². The molecule has 10 heteroatoms. The number of nitrogens with zero attached hydrogens (tertiary/aromatic N) is 4. The Morgan fingerprint density at radius 3 is 2.42 bits per heavy atom. The van der Waals surface area contributed by atoms with Crippen LogP contribution in [0.3, 0.4) is 0 Å². The van der Waals surface area contributed by atoms with Crippen molar-refractivity contribution in [3.05, 3.63) is 47.9 Å². The van der Waals surface area contributed by atoms with E-state index in [1.807, 2.05) is 0 Å². The highest BCUT2D eigenvalue weighted by atomic mass is 32.2. The third-order valence-corrected chi connectivity index (χ3v) is 5.99. The van der Waals surface area contributed by atoms with E-state index in [4.69, 9.17) is 0 Å². The number of sulfonamides is 1. The fraction of sp³-hybridized carbons (Fsp3) is 0.375. The van der Waals surface area contributed by atoms with Crippen LogP contribution in [0.5, 0.6) is 0 Å². The highest BCUT2D eigenvalue weighted by Gasteiger charge is 2.31. The highest BCUT2D eigenvalue weighted by molar-refractivity contribution is 7.89. The molecule has 1 aromatic carbocycles. The molecule has 2 aromatic rings. The van der Waals surface area contributed by atoms with Crippen molar-refractivity contribution in [3.63, 3.8) is 0 Å². The van der Waals surface area contributed by atoms with E-state index in [2.05, 4.69) is 4.98 Å². The van der Waals surface area contributed by atoms with Gasteiger partial charge in [0.05, 0.1) is 6.33 Å². The van der Waals surface area contributed by atoms with Crippen LogP contribution in [0.25, 0.3) is 0 Å². The molecule has 0 spiro atoms. The quantitative estimate of drug-likeness (QED) is 0.798. The van der Waals surface area contributed by atoms with Crippen LogP contribution in [-0.4, -0.2) is 59.3 Å². The monoisotopic (exact) mass is 384 g/mol. The Balaban J connectivity index is 1.77. The first-order valence-electron chi connectivity index (χ1n) is 8.02. The van der Waals surface area contributed by atoms with Crippen LogP contribution in [0.1, 0.15) is 16.8 Å². The molecule has 1 amide bonds. The molecule has 7 nitrogen and oxygen atoms in total. The van der Waals surface area contributed by atoms with Crippen LogP contribution in [0.15, 0.2) is 35.7 Å². The number of carbonyl (C=O) groups excluding carboxylic acids is 1. The maximum atomic E-state index is 13.8. The van der Waals surface area contributed by atoms with Gasteiger partial charge in [0.1, 0.15) is 17.2 Å². The van der Waals surface area contributed by atoms with Crippen LogP contribution in [0.4, 0.5) is 8.78 Å². The molecule has 0 N–H and O–H groups in total. The highest BCUT2D eigenvalue weighted by Crippen LogP contribution is 2.19. The Hall–Kier alpha value is -2.33. The Kier molecular flexibility index (Phi) is 5.05. The Morgan fingerprint density at radius 1 is 1.12 bits per heavy atom. The van der Waals surface area contributed by atoms with E-state index in [0.29, 0.717) is 6.42 Å². The molecule has 1 fully saturated rings. The first-order chi connectivity index (χ1) is 12.3. The average Bonchev–Trinajstić information content (AvgIpc) is 2.88. The molecule has 0 radical (unpaired) electrons. The molecule has 0 unspecified atom stereocenters. The lowest BCUT2D eigenvalue weighted by molar-refractivity contribution is 0.0754. The van der Waals surface area contributed by atoms with Crippen LogP contribution in [0, 0.1) is 11.6 Å². The Labute approximate surface area is 149 Å². The van der Waals surface area contributed by atoms with Crippen LogP contribution < -0.4 is 0 Å². The van der Waals surface area contributed by atoms with Crippen molar-refractivity contribution in [1.82, 2.24) is 18.8 Å². The van der Waals surface area contributed by atoms with E-state index in [-0.39, 0.29) is 31.2 Å². The number of hydrogen-bond donors (Lipinski definition) is 0. The maximum absolute atomic E-state index is 13.8. The minimum absolute atomic E-state index is 0.0285. The summed E-state index contributed by atoms with van der Waals surface area (Å²) in [7, 11) is -2.11. The number of carbonyl (C=O) groups is 1. The predicted octanol–water partition coefficient (Wildman–Crippen LogP) is 1.24. The maximum Gasteiger partial charge on any atom is 0.262 e. The molecule has 1 aliphatic heterocycles. The fourth-order valence-electron chi connectivity index (χ4n) is 2.85. The third kappa shape index (κ3) is 3.47. The van der Waals surface area contributed by atoms with Gasteiger partial charge in [0.2, 0.25) is 0 Å². The SMILES string of the molecule is Cn1cnc(S(=O)(=O)N2CCCN(C(=O)c3c(F)cccc3F)CC2)c1. The number of halogens is 2. The molecule has 140 valence electrons. The van der Waals surface area contributed by atoms with Gasteiger partial charge in [0.25, 0.3) is 15.9 Å². The Bertz CT molecular complexity index is 909. The summed E-state index contributed by atoms with van der Waals surface area (Å²) in [6.45, 7) is 0.475. The molecule has 0 saturated carbocycles. The summed E-state index contributed by atoms with van der Waals surface area (Å²) >= 11 is 0. The largest absolute Gasteiger partial charge is 0.339 e. The molecular formula is C16H18F2N4O3S. The number of imidazole rings is 1. The number of amides is 1. The molecule has 0 bridgehead atoms. The summed E-state index contributed by atoms with van der Waals surface area (Å²) in [5.74, 6) is -2.65. The second-order valence-electron chi connectivity index (χ2n) is 6.02. The standard InChI is InChI=1S/C16H18F2N4O3S/c1-20-10-14(19-11-20)26(24,25)22-7-3-6-21(8-9-22)16(23)15-12(17)4-2-5-13(15)18/h2,4-5,10-11H,3,6-9H2,1H3. The lowest BCUT2D eigenvalue weighted by Crippen LogP contribution is -2.38. The number of hydrogen-bond acceptors (Lipinski definition) is 4. The summed E-state index contributed by atoms with van der Waals surface area (Å²) < 4.78 is 55.7. The fourth-order valence-corrected chi connectivity index (χ4v) is 4.29. The zero-order chi connectivity index (χ0) is 18.9. The second-order valence-corrected chi connectivity index (χ2v) is 7.91. The van der Waals surface area contributed by atoms with E-state index in [1.54, 1.807) is 7.05 Å². The van der Waals surface area contributed by atoms with Crippen molar-refractivity contribution in [3.8, 4) is 0 Å². The van der Waals surface area contributed by atoms with Crippen molar-refractivity contribution in [1.29, 1.82) is 0 Å². The van der Waals surface area contributed by atoms with Gasteiger partial charge in [0, 0.05) is 39.4 Å². The molecule has 0 aliphatic carbocycles. The molecule has 1 aliphatic rings. The van der Waals surface area contributed by atoms with Gasteiger partial charge in [-0.3, -0.25) is 4.79 Å². The molecule has 0 atom stereocenters. The first-order valence-corrected chi connectivity index (χ1v) is 9.46. The van der Waals surface area contributed by atoms with Crippen molar-refractivity contribution in [2.24, 2.45) is 7.05 Å². The number of rotatable bonds is 3. The first kappa shape index (κ1) is 18.5. The predicted molar refractivity (Wildman–Crippen MR) is 88.8 cm³/mol.